The van der Waals surface area contributed by atoms with Gasteiger partial charge in [-0.3, -0.25) is 4.79 Å². The van der Waals surface area contributed by atoms with Crippen LogP contribution >= 0.6 is 0 Å². The van der Waals surface area contributed by atoms with E-state index in [1.807, 2.05) is 56.3 Å². The Balaban J connectivity index is 1.38. The molecule has 2 fully saturated rings. The standard InChI is InChI=1S/C32H41N3O5S/c1-22-11-13-34(14-12-22)29-21-26(39-4)7-8-27(29)32(30-10-5-24(3)40-30)33-31(36)20-25-6-9-28(23(2)19-25)35-15-17-41(37,38)18-16-35/h5-10,19,21-22,32H,11-18,20H2,1-4H3,(H,33,36). The number of aryl methyl sites for hydroxylation is 2. The van der Waals surface area contributed by atoms with Crippen molar-refractivity contribution in [3.8, 4) is 5.75 Å². The molecule has 0 aliphatic carbocycles. The van der Waals surface area contributed by atoms with E-state index >= 15 is 0 Å². The number of nitrogens with one attached hydrogen (secondary N) is 1. The summed E-state index contributed by atoms with van der Waals surface area (Å²) in [5.41, 5.74) is 4.99. The van der Waals surface area contributed by atoms with Gasteiger partial charge < -0.3 is 24.3 Å². The van der Waals surface area contributed by atoms with Crippen LogP contribution in [0.2, 0.25) is 0 Å². The van der Waals surface area contributed by atoms with Gasteiger partial charge in [0.25, 0.3) is 0 Å². The zero-order chi connectivity index (χ0) is 29.1. The molecule has 1 aromatic heterocycles. The van der Waals surface area contributed by atoms with Crippen molar-refractivity contribution >= 4 is 27.1 Å². The molecule has 2 aliphatic heterocycles. The van der Waals surface area contributed by atoms with E-state index in [2.05, 4.69) is 28.1 Å². The molecule has 8 nitrogen and oxygen atoms in total. The number of methoxy groups -OCH3 is 1. The molecular weight excluding hydrogens is 538 g/mol. The zero-order valence-electron chi connectivity index (χ0n) is 24.5. The summed E-state index contributed by atoms with van der Waals surface area (Å²) in [5.74, 6) is 3.21. The number of ether oxygens (including phenoxy) is 1. The van der Waals surface area contributed by atoms with Crippen LogP contribution in [0.1, 0.15) is 54.0 Å². The lowest BCUT2D eigenvalue weighted by Gasteiger charge is -2.35. The number of piperidine rings is 1. The van der Waals surface area contributed by atoms with Gasteiger partial charge in [0.05, 0.1) is 25.0 Å². The van der Waals surface area contributed by atoms with Crippen molar-refractivity contribution in [2.75, 3.05) is 54.6 Å². The molecule has 2 aromatic carbocycles. The second-order valence-corrected chi connectivity index (χ2v) is 13.8. The van der Waals surface area contributed by atoms with Crippen molar-refractivity contribution in [2.45, 2.75) is 46.1 Å². The van der Waals surface area contributed by atoms with Crippen molar-refractivity contribution in [1.82, 2.24) is 5.32 Å². The average Bonchev–Trinajstić information content (AvgIpc) is 3.38. The van der Waals surface area contributed by atoms with Gasteiger partial charge in [0.15, 0.2) is 9.84 Å². The molecular formula is C32H41N3O5S. The molecule has 2 aliphatic rings. The number of amides is 1. The van der Waals surface area contributed by atoms with Gasteiger partial charge >= 0.3 is 0 Å². The highest BCUT2D eigenvalue weighted by atomic mass is 32.2. The summed E-state index contributed by atoms with van der Waals surface area (Å²) in [4.78, 5) is 18.0. The molecule has 0 bridgehead atoms. The molecule has 220 valence electrons. The molecule has 1 unspecified atom stereocenters. The first-order chi connectivity index (χ1) is 19.6. The Morgan fingerprint density at radius 1 is 0.976 bits per heavy atom. The topological polar surface area (TPSA) is 92.1 Å². The van der Waals surface area contributed by atoms with Gasteiger partial charge in [-0.25, -0.2) is 8.42 Å². The largest absolute Gasteiger partial charge is 0.497 e. The lowest BCUT2D eigenvalue weighted by Crippen LogP contribution is -2.40. The van der Waals surface area contributed by atoms with Gasteiger partial charge in [-0.1, -0.05) is 25.1 Å². The Labute approximate surface area is 243 Å². The molecule has 9 heteroatoms. The summed E-state index contributed by atoms with van der Waals surface area (Å²) in [5, 5.41) is 3.27. The van der Waals surface area contributed by atoms with Gasteiger partial charge in [-0.05, 0) is 68.0 Å². The van der Waals surface area contributed by atoms with Crippen LogP contribution in [0.5, 0.6) is 5.75 Å². The number of furan rings is 1. The number of hydrogen-bond donors (Lipinski definition) is 1. The SMILES string of the molecule is COc1ccc(C(NC(=O)Cc2ccc(N3CCS(=O)(=O)CC3)c(C)c2)c2ccc(C)o2)c(N2CCC(C)CC2)c1. The van der Waals surface area contributed by atoms with Gasteiger partial charge in [-0.15, -0.1) is 0 Å². The van der Waals surface area contributed by atoms with Crippen LogP contribution in [0.25, 0.3) is 0 Å². The van der Waals surface area contributed by atoms with Gasteiger partial charge in [0.1, 0.15) is 23.3 Å². The van der Waals surface area contributed by atoms with E-state index in [1.54, 1.807) is 7.11 Å². The van der Waals surface area contributed by atoms with Crippen molar-refractivity contribution in [1.29, 1.82) is 0 Å². The van der Waals surface area contributed by atoms with Crippen LogP contribution < -0.4 is 19.9 Å². The third-order valence-corrected chi connectivity index (χ3v) is 9.94. The molecule has 0 radical (unpaired) electrons. The highest BCUT2D eigenvalue weighted by molar-refractivity contribution is 7.91. The molecule has 3 heterocycles. The maximum Gasteiger partial charge on any atom is 0.225 e. The first-order valence-electron chi connectivity index (χ1n) is 14.5. The Kier molecular flexibility index (Phi) is 8.63. The van der Waals surface area contributed by atoms with Crippen molar-refractivity contribution in [3.63, 3.8) is 0 Å². The highest BCUT2D eigenvalue weighted by Gasteiger charge is 2.28. The molecule has 0 saturated carbocycles. The smallest absolute Gasteiger partial charge is 0.225 e. The van der Waals surface area contributed by atoms with Crippen LogP contribution in [0, 0.1) is 19.8 Å². The predicted molar refractivity (Wildman–Crippen MR) is 163 cm³/mol. The van der Waals surface area contributed by atoms with E-state index in [4.69, 9.17) is 9.15 Å². The number of carbonyl (C=O) groups is 1. The zero-order valence-corrected chi connectivity index (χ0v) is 25.3. The Hall–Kier alpha value is -3.46. The number of sulfone groups is 1. The van der Waals surface area contributed by atoms with E-state index in [1.165, 1.54) is 0 Å². The normalized spacial score (nSPS) is 18.2. The number of anilines is 2. The number of rotatable bonds is 8. The van der Waals surface area contributed by atoms with Crippen LogP contribution in [0.3, 0.4) is 0 Å². The molecule has 3 aromatic rings. The molecule has 2 saturated heterocycles. The summed E-state index contributed by atoms with van der Waals surface area (Å²) < 4.78 is 35.3. The fraction of sp³-hybridized carbons (Fsp3) is 0.469. The summed E-state index contributed by atoms with van der Waals surface area (Å²) >= 11 is 0. The van der Waals surface area contributed by atoms with E-state index in [9.17, 15) is 13.2 Å². The summed E-state index contributed by atoms with van der Waals surface area (Å²) in [6, 6.07) is 15.4. The monoisotopic (exact) mass is 579 g/mol. The van der Waals surface area contributed by atoms with Gasteiger partial charge in [0.2, 0.25) is 5.91 Å². The Morgan fingerprint density at radius 3 is 2.32 bits per heavy atom. The third kappa shape index (κ3) is 6.89. The van der Waals surface area contributed by atoms with E-state index in [-0.39, 0.29) is 23.8 Å². The van der Waals surface area contributed by atoms with Crippen LogP contribution in [-0.2, 0) is 21.1 Å². The molecule has 1 amide bonds. The lowest BCUT2D eigenvalue weighted by atomic mass is 9.95. The Bertz CT molecular complexity index is 1480. The minimum Gasteiger partial charge on any atom is -0.497 e. The maximum atomic E-state index is 13.5. The first kappa shape index (κ1) is 29.0. The van der Waals surface area contributed by atoms with Gasteiger partial charge in [-0.2, -0.15) is 0 Å². The van der Waals surface area contributed by atoms with Crippen LogP contribution in [-0.4, -0.2) is 59.1 Å². The second kappa shape index (κ2) is 12.2. The van der Waals surface area contributed by atoms with Crippen LogP contribution in [0.15, 0.2) is 52.9 Å². The molecule has 0 spiro atoms. The number of carbonyl (C=O) groups excluding carboxylic acids is 1. The Morgan fingerprint density at radius 2 is 1.68 bits per heavy atom. The summed E-state index contributed by atoms with van der Waals surface area (Å²) in [7, 11) is -1.27. The second-order valence-electron chi connectivity index (χ2n) is 11.5. The molecule has 1 N–H and O–H groups in total. The van der Waals surface area contributed by atoms with E-state index in [0.29, 0.717) is 24.8 Å². The van der Waals surface area contributed by atoms with Crippen molar-refractivity contribution < 1.29 is 22.4 Å². The van der Waals surface area contributed by atoms with Crippen molar-refractivity contribution in [3.05, 3.63) is 76.7 Å². The quantitative estimate of drug-likeness (QED) is 0.409. The number of nitrogens with zero attached hydrogens (tertiary/aromatic N) is 2. The van der Waals surface area contributed by atoms with E-state index < -0.39 is 15.9 Å². The number of benzene rings is 2. The average molecular weight is 580 g/mol. The highest BCUT2D eigenvalue weighted by Crippen LogP contribution is 2.36. The summed E-state index contributed by atoms with van der Waals surface area (Å²) in [6.07, 6.45) is 2.46. The van der Waals surface area contributed by atoms with Gasteiger partial charge in [0, 0.05) is 49.2 Å². The lowest BCUT2D eigenvalue weighted by molar-refractivity contribution is -0.121. The number of hydrogen-bond acceptors (Lipinski definition) is 7. The minimum atomic E-state index is -2.95. The maximum absolute atomic E-state index is 13.5. The molecule has 41 heavy (non-hydrogen) atoms. The minimum absolute atomic E-state index is 0.102. The fourth-order valence-corrected chi connectivity index (χ4v) is 7.06. The molecule has 5 rings (SSSR count). The predicted octanol–water partition coefficient (Wildman–Crippen LogP) is 4.82. The van der Waals surface area contributed by atoms with Crippen LogP contribution in [0.4, 0.5) is 11.4 Å². The summed E-state index contributed by atoms with van der Waals surface area (Å²) in [6.45, 7) is 9.11. The third-order valence-electron chi connectivity index (χ3n) is 8.33. The van der Waals surface area contributed by atoms with Crippen molar-refractivity contribution in [2.24, 2.45) is 5.92 Å². The molecule has 1 atom stereocenters. The first-order valence-corrected chi connectivity index (χ1v) is 16.3. The fourth-order valence-electron chi connectivity index (χ4n) is 5.86. The van der Waals surface area contributed by atoms with E-state index in [0.717, 1.165) is 65.5 Å².